The van der Waals surface area contributed by atoms with Crippen molar-refractivity contribution in [1.29, 1.82) is 0 Å². The van der Waals surface area contributed by atoms with E-state index in [0.29, 0.717) is 12.0 Å². The van der Waals surface area contributed by atoms with Gasteiger partial charge in [-0.3, -0.25) is 4.99 Å². The number of guanidine groups is 1. The standard InChI is InChI=1S/C18H27ClN4O/c1-20-18(21-11-13-4-2-7-17(13)24)22-15-8-9-23(12-15)16-6-3-5-14(19)10-16/h3,5-6,10,13,15,17,24H,2,4,7-9,11-12H2,1H3,(H2,20,21,22). The molecular formula is C18H27ClN4O. The molecule has 2 aliphatic rings. The van der Waals surface area contributed by atoms with Gasteiger partial charge in [0.2, 0.25) is 0 Å². The van der Waals surface area contributed by atoms with Crippen LogP contribution < -0.4 is 15.5 Å². The highest BCUT2D eigenvalue weighted by Gasteiger charge is 2.26. The van der Waals surface area contributed by atoms with Gasteiger partial charge in [-0.15, -0.1) is 0 Å². The van der Waals surface area contributed by atoms with Gasteiger partial charge in [0.05, 0.1) is 6.10 Å². The molecule has 0 bridgehead atoms. The lowest BCUT2D eigenvalue weighted by atomic mass is 10.1. The minimum Gasteiger partial charge on any atom is -0.393 e. The van der Waals surface area contributed by atoms with Crippen molar-refractivity contribution in [3.63, 3.8) is 0 Å². The second-order valence-corrected chi connectivity index (χ2v) is 7.20. The van der Waals surface area contributed by atoms with Gasteiger partial charge in [0, 0.05) is 49.4 Å². The maximum absolute atomic E-state index is 9.92. The first-order valence-corrected chi connectivity index (χ1v) is 9.19. The molecule has 0 spiro atoms. The summed E-state index contributed by atoms with van der Waals surface area (Å²) in [5, 5.41) is 17.6. The van der Waals surface area contributed by atoms with Crippen LogP contribution in [-0.2, 0) is 0 Å². The first kappa shape index (κ1) is 17.4. The van der Waals surface area contributed by atoms with Crippen molar-refractivity contribution in [2.24, 2.45) is 10.9 Å². The molecule has 0 radical (unpaired) electrons. The zero-order valence-corrected chi connectivity index (χ0v) is 15.0. The van der Waals surface area contributed by atoms with E-state index in [9.17, 15) is 5.11 Å². The van der Waals surface area contributed by atoms with Crippen LogP contribution in [0.25, 0.3) is 0 Å². The highest BCUT2D eigenvalue weighted by Crippen LogP contribution is 2.25. The van der Waals surface area contributed by atoms with Gasteiger partial charge in [-0.25, -0.2) is 0 Å². The summed E-state index contributed by atoms with van der Waals surface area (Å²) in [6.07, 6.45) is 4.04. The third-order valence-corrected chi connectivity index (χ3v) is 5.31. The van der Waals surface area contributed by atoms with Crippen LogP contribution in [-0.4, -0.2) is 49.9 Å². The summed E-state index contributed by atoms with van der Waals surface area (Å²) in [6.45, 7) is 2.73. The molecule has 6 heteroatoms. The normalized spacial score (nSPS) is 27.5. The Hall–Kier alpha value is -1.46. The van der Waals surface area contributed by atoms with Gasteiger partial charge in [-0.2, -0.15) is 0 Å². The SMILES string of the molecule is CN=C(NCC1CCCC1O)NC1CCN(c2cccc(Cl)c2)C1. The molecular weight excluding hydrogens is 324 g/mol. The van der Waals surface area contributed by atoms with Crippen LogP contribution in [0.5, 0.6) is 0 Å². The van der Waals surface area contributed by atoms with Gasteiger partial charge in [-0.05, 0) is 37.5 Å². The largest absolute Gasteiger partial charge is 0.393 e. The summed E-state index contributed by atoms with van der Waals surface area (Å²) in [6, 6.07) is 8.37. The average Bonchev–Trinajstić information content (AvgIpc) is 3.20. The van der Waals surface area contributed by atoms with Crippen molar-refractivity contribution in [3.8, 4) is 0 Å². The third kappa shape index (κ3) is 4.33. The number of nitrogens with zero attached hydrogens (tertiary/aromatic N) is 2. The lowest BCUT2D eigenvalue weighted by Crippen LogP contribution is -2.46. The molecule has 1 aliphatic carbocycles. The number of halogens is 1. The molecule has 24 heavy (non-hydrogen) atoms. The Bertz CT molecular complexity index is 580. The van der Waals surface area contributed by atoms with Crippen LogP contribution >= 0.6 is 11.6 Å². The van der Waals surface area contributed by atoms with Crippen molar-refractivity contribution in [1.82, 2.24) is 10.6 Å². The molecule has 3 N–H and O–H groups in total. The molecule has 1 saturated heterocycles. The van der Waals surface area contributed by atoms with E-state index in [2.05, 4.69) is 26.6 Å². The van der Waals surface area contributed by atoms with E-state index in [1.807, 2.05) is 18.2 Å². The Labute approximate surface area is 149 Å². The average molecular weight is 351 g/mol. The van der Waals surface area contributed by atoms with Crippen LogP contribution in [0, 0.1) is 5.92 Å². The number of aliphatic hydroxyl groups is 1. The van der Waals surface area contributed by atoms with E-state index in [0.717, 1.165) is 56.3 Å². The molecule has 3 atom stereocenters. The van der Waals surface area contributed by atoms with E-state index in [1.54, 1.807) is 7.05 Å². The minimum absolute atomic E-state index is 0.166. The summed E-state index contributed by atoms with van der Waals surface area (Å²) in [5.74, 6) is 1.17. The van der Waals surface area contributed by atoms with E-state index in [4.69, 9.17) is 11.6 Å². The van der Waals surface area contributed by atoms with Gasteiger partial charge in [0.25, 0.3) is 0 Å². The predicted octanol–water partition coefficient (Wildman–Crippen LogP) is 2.24. The van der Waals surface area contributed by atoms with Crippen molar-refractivity contribution in [2.45, 2.75) is 37.8 Å². The third-order valence-electron chi connectivity index (χ3n) is 5.08. The number of aliphatic hydroxyl groups excluding tert-OH is 1. The Morgan fingerprint density at radius 2 is 2.25 bits per heavy atom. The lowest BCUT2D eigenvalue weighted by Gasteiger charge is -2.22. The molecule has 3 unspecified atom stereocenters. The molecule has 3 rings (SSSR count). The first-order valence-electron chi connectivity index (χ1n) is 8.81. The first-order chi connectivity index (χ1) is 11.7. The molecule has 1 aliphatic heterocycles. The quantitative estimate of drug-likeness (QED) is 0.576. The number of aliphatic imine (C=N–C) groups is 1. The maximum atomic E-state index is 9.92. The predicted molar refractivity (Wildman–Crippen MR) is 99.9 cm³/mol. The van der Waals surface area contributed by atoms with Gasteiger partial charge in [0.15, 0.2) is 5.96 Å². The fourth-order valence-electron chi connectivity index (χ4n) is 3.66. The zero-order chi connectivity index (χ0) is 16.9. The van der Waals surface area contributed by atoms with Crippen molar-refractivity contribution in [2.75, 3.05) is 31.6 Å². The topological polar surface area (TPSA) is 59.9 Å². The number of hydrogen-bond donors (Lipinski definition) is 3. The number of rotatable bonds is 4. The number of anilines is 1. The number of nitrogens with one attached hydrogen (secondary N) is 2. The Morgan fingerprint density at radius 3 is 2.96 bits per heavy atom. The van der Waals surface area contributed by atoms with Crippen molar-refractivity contribution >= 4 is 23.2 Å². The molecule has 1 aromatic carbocycles. The summed E-state index contributed by atoms with van der Waals surface area (Å²) in [4.78, 5) is 6.67. The highest BCUT2D eigenvalue weighted by molar-refractivity contribution is 6.30. The molecule has 5 nitrogen and oxygen atoms in total. The Balaban J connectivity index is 1.48. The summed E-state index contributed by atoms with van der Waals surface area (Å²) < 4.78 is 0. The van der Waals surface area contributed by atoms with Crippen LogP contribution in [0.3, 0.4) is 0 Å². The maximum Gasteiger partial charge on any atom is 0.191 e. The summed E-state index contributed by atoms with van der Waals surface area (Å²) in [5.41, 5.74) is 1.17. The fraction of sp³-hybridized carbons (Fsp3) is 0.611. The second-order valence-electron chi connectivity index (χ2n) is 6.77. The van der Waals surface area contributed by atoms with Crippen molar-refractivity contribution < 1.29 is 5.11 Å². The number of benzene rings is 1. The summed E-state index contributed by atoms with van der Waals surface area (Å²) >= 11 is 6.09. The fourth-order valence-corrected chi connectivity index (χ4v) is 3.84. The molecule has 132 valence electrons. The Kier molecular flexibility index (Phi) is 5.85. The van der Waals surface area contributed by atoms with Crippen LogP contribution in [0.4, 0.5) is 5.69 Å². The van der Waals surface area contributed by atoms with Gasteiger partial charge >= 0.3 is 0 Å². The van der Waals surface area contributed by atoms with Gasteiger partial charge < -0.3 is 20.6 Å². The summed E-state index contributed by atoms with van der Waals surface area (Å²) in [7, 11) is 1.80. The van der Waals surface area contributed by atoms with E-state index >= 15 is 0 Å². The molecule has 1 heterocycles. The van der Waals surface area contributed by atoms with Crippen molar-refractivity contribution in [3.05, 3.63) is 29.3 Å². The van der Waals surface area contributed by atoms with E-state index in [-0.39, 0.29) is 6.10 Å². The van der Waals surface area contributed by atoms with E-state index in [1.165, 1.54) is 5.69 Å². The molecule has 0 aromatic heterocycles. The second kappa shape index (κ2) is 8.08. The van der Waals surface area contributed by atoms with E-state index < -0.39 is 0 Å². The zero-order valence-electron chi connectivity index (χ0n) is 14.2. The van der Waals surface area contributed by atoms with Crippen LogP contribution in [0.2, 0.25) is 5.02 Å². The van der Waals surface area contributed by atoms with Gasteiger partial charge in [0.1, 0.15) is 0 Å². The molecule has 1 aromatic rings. The van der Waals surface area contributed by atoms with Gasteiger partial charge in [-0.1, -0.05) is 24.1 Å². The minimum atomic E-state index is -0.166. The molecule has 2 fully saturated rings. The van der Waals surface area contributed by atoms with Crippen LogP contribution in [0.15, 0.2) is 29.3 Å². The smallest absolute Gasteiger partial charge is 0.191 e. The molecule has 1 saturated carbocycles. The highest BCUT2D eigenvalue weighted by atomic mass is 35.5. The molecule has 0 amide bonds. The monoisotopic (exact) mass is 350 g/mol. The van der Waals surface area contributed by atoms with Crippen LogP contribution in [0.1, 0.15) is 25.7 Å². The Morgan fingerprint density at radius 1 is 1.38 bits per heavy atom. The number of hydrogen-bond acceptors (Lipinski definition) is 3. The lowest BCUT2D eigenvalue weighted by molar-refractivity contribution is 0.134.